The quantitative estimate of drug-likeness (QED) is 0.522. The van der Waals surface area contributed by atoms with Gasteiger partial charge in [-0.05, 0) is 31.2 Å². The minimum atomic E-state index is -0.234. The Balaban J connectivity index is 1.87. The lowest BCUT2D eigenvalue weighted by Gasteiger charge is -1.99. The zero-order valence-electron chi connectivity index (χ0n) is 13.0. The van der Waals surface area contributed by atoms with Crippen molar-refractivity contribution < 1.29 is 0 Å². The molecule has 0 radical (unpaired) electrons. The molecule has 0 N–H and O–H groups in total. The summed E-state index contributed by atoms with van der Waals surface area (Å²) in [5, 5.41) is 5.33. The number of halogens is 2. The Morgan fingerprint density at radius 1 is 1.12 bits per heavy atom. The van der Waals surface area contributed by atoms with Crippen LogP contribution in [0.1, 0.15) is 11.1 Å². The van der Waals surface area contributed by atoms with Crippen molar-refractivity contribution in [2.24, 2.45) is 0 Å². The lowest BCUT2D eigenvalue weighted by Crippen LogP contribution is -2.23. The first kappa shape index (κ1) is 16.3. The molecule has 0 amide bonds. The van der Waals surface area contributed by atoms with Crippen molar-refractivity contribution in [1.82, 2.24) is 14.6 Å². The number of hydrogen-bond acceptors (Lipinski definition) is 4. The van der Waals surface area contributed by atoms with E-state index < -0.39 is 0 Å². The van der Waals surface area contributed by atoms with Gasteiger partial charge in [0.2, 0.25) is 4.96 Å². The third kappa shape index (κ3) is 2.95. The van der Waals surface area contributed by atoms with Crippen LogP contribution < -0.4 is 10.1 Å². The molecule has 0 spiro atoms. The van der Waals surface area contributed by atoms with Crippen molar-refractivity contribution in [2.45, 2.75) is 6.92 Å². The Morgan fingerprint density at radius 3 is 2.52 bits per heavy atom. The number of nitrogens with zero attached hydrogens (tertiary/aromatic N) is 3. The highest BCUT2D eigenvalue weighted by Crippen LogP contribution is 2.25. The summed E-state index contributed by atoms with van der Waals surface area (Å²) in [7, 11) is 0. The van der Waals surface area contributed by atoms with Crippen molar-refractivity contribution in [3.05, 3.63) is 78.5 Å². The maximum absolute atomic E-state index is 12.6. The minimum absolute atomic E-state index is 0.234. The summed E-state index contributed by atoms with van der Waals surface area (Å²) >= 11 is 13.6. The fraction of sp³-hybridized carbons (Fsp3) is 0.0556. The molecule has 4 nitrogen and oxygen atoms in total. The van der Waals surface area contributed by atoms with Gasteiger partial charge in [0.05, 0.1) is 4.53 Å². The van der Waals surface area contributed by atoms with E-state index >= 15 is 0 Å². The molecular weight excluding hydrogens is 377 g/mol. The molecule has 0 bridgehead atoms. The first-order valence-electron chi connectivity index (χ1n) is 7.45. The van der Waals surface area contributed by atoms with Crippen LogP contribution in [-0.2, 0) is 0 Å². The largest absolute Gasteiger partial charge is 0.291 e. The van der Waals surface area contributed by atoms with E-state index in [1.807, 2.05) is 31.2 Å². The normalized spacial score (nSPS) is 12.2. The van der Waals surface area contributed by atoms with Gasteiger partial charge in [-0.1, -0.05) is 64.4 Å². The molecule has 7 heteroatoms. The first-order valence-corrected chi connectivity index (χ1v) is 9.02. The molecule has 0 aliphatic heterocycles. The predicted octanol–water partition coefficient (Wildman–Crippen LogP) is 3.98. The van der Waals surface area contributed by atoms with Gasteiger partial charge in [-0.3, -0.25) is 4.79 Å². The van der Waals surface area contributed by atoms with Gasteiger partial charge in [-0.2, -0.15) is 9.50 Å². The molecule has 0 aliphatic carbocycles. The lowest BCUT2D eigenvalue weighted by atomic mass is 10.1. The van der Waals surface area contributed by atoms with Crippen LogP contribution in [0.3, 0.4) is 0 Å². The molecular formula is C18H11Cl2N3OS. The molecule has 4 rings (SSSR count). The fourth-order valence-corrected chi connectivity index (χ4v) is 3.92. The number of aromatic nitrogens is 3. The van der Waals surface area contributed by atoms with E-state index in [4.69, 9.17) is 23.2 Å². The Morgan fingerprint density at radius 2 is 1.84 bits per heavy atom. The highest BCUT2D eigenvalue weighted by Gasteiger charge is 2.13. The summed E-state index contributed by atoms with van der Waals surface area (Å²) in [4.78, 5) is 17.6. The molecule has 0 fully saturated rings. The molecule has 0 unspecified atom stereocenters. The molecule has 2 aromatic carbocycles. The van der Waals surface area contributed by atoms with E-state index in [1.165, 1.54) is 15.9 Å². The SMILES string of the molecule is Cc1cccc(-c2nc3s/c(=C\c4c(Cl)cccc4Cl)c(=O)n3n2)c1. The minimum Gasteiger partial charge on any atom is -0.266 e. The predicted molar refractivity (Wildman–Crippen MR) is 103 cm³/mol. The maximum atomic E-state index is 12.6. The monoisotopic (exact) mass is 387 g/mol. The highest BCUT2D eigenvalue weighted by atomic mass is 35.5. The highest BCUT2D eigenvalue weighted by molar-refractivity contribution is 7.15. The summed E-state index contributed by atoms with van der Waals surface area (Å²) in [6.45, 7) is 2.00. The van der Waals surface area contributed by atoms with Crippen LogP contribution in [0.2, 0.25) is 10.0 Å². The van der Waals surface area contributed by atoms with Gasteiger partial charge in [0.25, 0.3) is 5.56 Å². The first-order chi connectivity index (χ1) is 12.0. The number of hydrogen-bond donors (Lipinski definition) is 0. The second kappa shape index (κ2) is 6.26. The smallest absolute Gasteiger partial charge is 0.266 e. The molecule has 124 valence electrons. The summed E-state index contributed by atoms with van der Waals surface area (Å²) in [6.07, 6.45) is 1.68. The van der Waals surface area contributed by atoms with Crippen LogP contribution in [-0.4, -0.2) is 14.6 Å². The van der Waals surface area contributed by atoms with Crippen LogP contribution in [0.5, 0.6) is 0 Å². The van der Waals surface area contributed by atoms with Crippen LogP contribution in [0, 0.1) is 6.92 Å². The lowest BCUT2D eigenvalue weighted by molar-refractivity contribution is 0.936. The Hall–Kier alpha value is -2.21. The number of rotatable bonds is 2. The average molecular weight is 388 g/mol. The number of fused-ring (bicyclic) bond motifs is 1. The van der Waals surface area contributed by atoms with Crippen molar-refractivity contribution >= 4 is 45.6 Å². The molecule has 0 aliphatic rings. The van der Waals surface area contributed by atoms with Gasteiger partial charge in [-0.15, -0.1) is 5.10 Å². The maximum Gasteiger partial charge on any atom is 0.291 e. The van der Waals surface area contributed by atoms with E-state index in [2.05, 4.69) is 10.1 Å². The zero-order valence-corrected chi connectivity index (χ0v) is 15.4. The molecule has 2 aromatic heterocycles. The van der Waals surface area contributed by atoms with Gasteiger partial charge in [-0.25, -0.2) is 0 Å². The zero-order chi connectivity index (χ0) is 17.6. The van der Waals surface area contributed by atoms with Crippen LogP contribution in [0.4, 0.5) is 0 Å². The molecule has 4 aromatic rings. The van der Waals surface area contributed by atoms with Gasteiger partial charge < -0.3 is 0 Å². The molecule has 0 saturated carbocycles. The van der Waals surface area contributed by atoms with Crippen LogP contribution in [0.25, 0.3) is 22.4 Å². The Labute approximate surface area is 157 Å². The van der Waals surface area contributed by atoms with E-state index in [1.54, 1.807) is 24.3 Å². The molecule has 0 saturated heterocycles. The van der Waals surface area contributed by atoms with Crippen LogP contribution >= 0.6 is 34.5 Å². The summed E-state index contributed by atoms with van der Waals surface area (Å²) in [5.41, 5.74) is 2.38. The third-order valence-electron chi connectivity index (χ3n) is 3.73. The van der Waals surface area contributed by atoms with E-state index in [0.29, 0.717) is 30.9 Å². The third-order valence-corrected chi connectivity index (χ3v) is 5.35. The molecule has 25 heavy (non-hydrogen) atoms. The van der Waals surface area contributed by atoms with Crippen LogP contribution in [0.15, 0.2) is 47.3 Å². The number of aryl methyl sites for hydroxylation is 1. The second-order valence-electron chi connectivity index (χ2n) is 5.55. The van der Waals surface area contributed by atoms with Gasteiger partial charge >= 0.3 is 0 Å². The summed E-state index contributed by atoms with van der Waals surface area (Å²) in [6, 6.07) is 13.1. The Bertz CT molecular complexity index is 1190. The van der Waals surface area contributed by atoms with Gasteiger partial charge in [0.1, 0.15) is 0 Å². The fourth-order valence-electron chi connectivity index (χ4n) is 2.52. The molecule has 0 atom stereocenters. The summed E-state index contributed by atoms with van der Waals surface area (Å²) in [5.74, 6) is 0.536. The van der Waals surface area contributed by atoms with E-state index in [0.717, 1.165) is 11.1 Å². The number of thiazole rings is 1. The van der Waals surface area contributed by atoms with Crippen molar-refractivity contribution in [3.63, 3.8) is 0 Å². The van der Waals surface area contributed by atoms with Crippen molar-refractivity contribution in [1.29, 1.82) is 0 Å². The summed E-state index contributed by atoms with van der Waals surface area (Å²) < 4.78 is 1.81. The van der Waals surface area contributed by atoms with Gasteiger partial charge in [0, 0.05) is 21.2 Å². The van der Waals surface area contributed by atoms with Crippen molar-refractivity contribution in [2.75, 3.05) is 0 Å². The van der Waals surface area contributed by atoms with Gasteiger partial charge in [0.15, 0.2) is 5.82 Å². The number of benzene rings is 2. The second-order valence-corrected chi connectivity index (χ2v) is 7.37. The van der Waals surface area contributed by atoms with E-state index in [9.17, 15) is 4.79 Å². The average Bonchev–Trinajstić information content (AvgIpc) is 3.11. The Kier molecular flexibility index (Phi) is 4.07. The molecule has 2 heterocycles. The standard InChI is InChI=1S/C18H11Cl2N3OS/c1-10-4-2-5-11(8-10)16-21-18-23(22-16)17(24)15(25-18)9-12-13(19)6-3-7-14(12)20/h2-9H,1H3/b15-9-. The van der Waals surface area contributed by atoms with Crippen molar-refractivity contribution in [3.8, 4) is 11.4 Å². The topological polar surface area (TPSA) is 47.3 Å². The van der Waals surface area contributed by atoms with E-state index in [-0.39, 0.29) is 5.56 Å².